The lowest BCUT2D eigenvalue weighted by Crippen LogP contribution is -2.15. The Morgan fingerprint density at radius 2 is 2.00 bits per heavy atom. The van der Waals surface area contributed by atoms with Crippen molar-refractivity contribution in [3.8, 4) is 11.5 Å². The van der Waals surface area contributed by atoms with Crippen molar-refractivity contribution in [2.45, 2.75) is 25.4 Å². The number of rotatable bonds is 5. The maximum atomic E-state index is 6.31. The van der Waals surface area contributed by atoms with Gasteiger partial charge < -0.3 is 10.1 Å². The second-order valence-corrected chi connectivity index (χ2v) is 6.20. The van der Waals surface area contributed by atoms with Crippen LogP contribution in [0.3, 0.4) is 0 Å². The maximum Gasteiger partial charge on any atom is 0.141 e. The van der Waals surface area contributed by atoms with Crippen molar-refractivity contribution in [2.75, 3.05) is 0 Å². The quantitative estimate of drug-likeness (QED) is 0.804. The smallest absolute Gasteiger partial charge is 0.141 e. The zero-order valence-corrected chi connectivity index (χ0v) is 13.2. The van der Waals surface area contributed by atoms with Crippen LogP contribution in [0.15, 0.2) is 46.9 Å². The van der Waals surface area contributed by atoms with Crippen LogP contribution in [0.5, 0.6) is 11.5 Å². The SMILES string of the molecule is Clc1cc(Oc2ccccc2Br)ccc1CNC1CC1. The Kier molecular flexibility index (Phi) is 4.29. The van der Waals surface area contributed by atoms with Crippen LogP contribution in [0.1, 0.15) is 18.4 Å². The summed E-state index contributed by atoms with van der Waals surface area (Å²) in [6.07, 6.45) is 2.56. The fourth-order valence-electron chi connectivity index (χ4n) is 1.93. The Labute approximate surface area is 132 Å². The molecule has 0 amide bonds. The van der Waals surface area contributed by atoms with Gasteiger partial charge in [0, 0.05) is 17.6 Å². The molecule has 104 valence electrons. The standard InChI is InChI=1S/C16H15BrClNO/c17-14-3-1-2-4-16(14)20-13-8-5-11(15(18)9-13)10-19-12-6-7-12/h1-5,8-9,12,19H,6-7,10H2. The lowest BCUT2D eigenvalue weighted by Gasteiger charge is -2.10. The molecule has 0 heterocycles. The van der Waals surface area contributed by atoms with E-state index in [0.717, 1.165) is 33.1 Å². The third-order valence-electron chi connectivity index (χ3n) is 3.25. The molecule has 2 aromatic carbocycles. The molecule has 1 fully saturated rings. The van der Waals surface area contributed by atoms with E-state index in [1.165, 1.54) is 12.8 Å². The van der Waals surface area contributed by atoms with Crippen molar-refractivity contribution < 1.29 is 4.74 Å². The molecule has 2 aromatic rings. The highest BCUT2D eigenvalue weighted by Gasteiger charge is 2.20. The van der Waals surface area contributed by atoms with Crippen LogP contribution in [-0.4, -0.2) is 6.04 Å². The summed E-state index contributed by atoms with van der Waals surface area (Å²) >= 11 is 9.77. The van der Waals surface area contributed by atoms with Crippen LogP contribution in [-0.2, 0) is 6.54 Å². The van der Waals surface area contributed by atoms with E-state index in [2.05, 4.69) is 21.2 Å². The fourth-order valence-corrected chi connectivity index (χ4v) is 2.53. The molecule has 0 unspecified atom stereocenters. The Morgan fingerprint density at radius 3 is 2.70 bits per heavy atom. The molecule has 0 bridgehead atoms. The first-order valence-corrected chi connectivity index (χ1v) is 7.83. The highest BCUT2D eigenvalue weighted by atomic mass is 79.9. The van der Waals surface area contributed by atoms with Crippen molar-refractivity contribution in [1.29, 1.82) is 0 Å². The molecule has 4 heteroatoms. The molecule has 1 saturated carbocycles. The number of benzene rings is 2. The number of ether oxygens (including phenoxy) is 1. The molecule has 0 aromatic heterocycles. The minimum atomic E-state index is 0.683. The van der Waals surface area contributed by atoms with Gasteiger partial charge in [-0.15, -0.1) is 0 Å². The van der Waals surface area contributed by atoms with E-state index in [1.54, 1.807) is 0 Å². The predicted molar refractivity (Wildman–Crippen MR) is 85.5 cm³/mol. The molecule has 20 heavy (non-hydrogen) atoms. The van der Waals surface area contributed by atoms with Crippen molar-refractivity contribution in [3.05, 3.63) is 57.5 Å². The van der Waals surface area contributed by atoms with Crippen LogP contribution >= 0.6 is 27.5 Å². The van der Waals surface area contributed by atoms with E-state index in [1.807, 2.05) is 42.5 Å². The monoisotopic (exact) mass is 351 g/mol. The van der Waals surface area contributed by atoms with Gasteiger partial charge in [-0.3, -0.25) is 0 Å². The molecular weight excluding hydrogens is 338 g/mol. The first kappa shape index (κ1) is 13.9. The summed E-state index contributed by atoms with van der Waals surface area (Å²) in [7, 11) is 0. The summed E-state index contributed by atoms with van der Waals surface area (Å²) < 4.78 is 6.76. The Bertz CT molecular complexity index is 613. The van der Waals surface area contributed by atoms with Gasteiger partial charge in [0.1, 0.15) is 11.5 Å². The third-order valence-corrected chi connectivity index (χ3v) is 4.25. The van der Waals surface area contributed by atoms with E-state index in [9.17, 15) is 0 Å². The van der Waals surface area contributed by atoms with E-state index >= 15 is 0 Å². The molecule has 0 atom stereocenters. The van der Waals surface area contributed by atoms with Crippen molar-refractivity contribution >= 4 is 27.5 Å². The molecule has 2 nitrogen and oxygen atoms in total. The van der Waals surface area contributed by atoms with Crippen molar-refractivity contribution in [3.63, 3.8) is 0 Å². The van der Waals surface area contributed by atoms with Crippen LogP contribution in [0, 0.1) is 0 Å². The zero-order chi connectivity index (χ0) is 13.9. The summed E-state index contributed by atoms with van der Waals surface area (Å²) in [5, 5.41) is 4.20. The average molecular weight is 353 g/mol. The summed E-state index contributed by atoms with van der Waals surface area (Å²) in [6.45, 7) is 0.818. The molecule has 1 aliphatic carbocycles. The summed E-state index contributed by atoms with van der Waals surface area (Å²) in [5.74, 6) is 1.53. The molecule has 0 saturated heterocycles. The second-order valence-electron chi connectivity index (χ2n) is 4.94. The van der Waals surface area contributed by atoms with Gasteiger partial charge in [-0.05, 0) is 58.6 Å². The van der Waals surface area contributed by atoms with Crippen molar-refractivity contribution in [2.24, 2.45) is 0 Å². The fraction of sp³-hybridized carbons (Fsp3) is 0.250. The zero-order valence-electron chi connectivity index (χ0n) is 10.9. The highest BCUT2D eigenvalue weighted by Crippen LogP contribution is 2.31. The molecule has 0 spiro atoms. The van der Waals surface area contributed by atoms with E-state index in [0.29, 0.717) is 6.04 Å². The number of nitrogens with one attached hydrogen (secondary N) is 1. The number of hydrogen-bond acceptors (Lipinski definition) is 2. The van der Waals surface area contributed by atoms with E-state index in [-0.39, 0.29) is 0 Å². The lowest BCUT2D eigenvalue weighted by molar-refractivity contribution is 0.479. The summed E-state index contributed by atoms with van der Waals surface area (Å²) in [4.78, 5) is 0. The van der Waals surface area contributed by atoms with Gasteiger partial charge in [0.05, 0.1) is 4.47 Å². The van der Waals surface area contributed by atoms with Gasteiger partial charge in [-0.25, -0.2) is 0 Å². The van der Waals surface area contributed by atoms with Crippen molar-refractivity contribution in [1.82, 2.24) is 5.32 Å². The van der Waals surface area contributed by atoms with Gasteiger partial charge in [-0.2, -0.15) is 0 Å². The predicted octanol–water partition coefficient (Wildman–Crippen LogP) is 5.15. The van der Waals surface area contributed by atoms with E-state index < -0.39 is 0 Å². The topological polar surface area (TPSA) is 21.3 Å². The molecule has 1 N–H and O–H groups in total. The minimum Gasteiger partial charge on any atom is -0.456 e. The van der Waals surface area contributed by atoms with Crippen LogP contribution in [0.2, 0.25) is 5.02 Å². The van der Waals surface area contributed by atoms with Crippen LogP contribution in [0.25, 0.3) is 0 Å². The molecule has 0 aliphatic heterocycles. The number of hydrogen-bond donors (Lipinski definition) is 1. The van der Waals surface area contributed by atoms with Gasteiger partial charge in [-0.1, -0.05) is 29.8 Å². The first-order chi connectivity index (χ1) is 9.72. The van der Waals surface area contributed by atoms with Crippen LogP contribution in [0.4, 0.5) is 0 Å². The summed E-state index contributed by atoms with van der Waals surface area (Å²) in [6, 6.07) is 14.3. The Morgan fingerprint density at radius 1 is 1.20 bits per heavy atom. The second kappa shape index (κ2) is 6.17. The van der Waals surface area contributed by atoms with Gasteiger partial charge >= 0.3 is 0 Å². The van der Waals surface area contributed by atoms with Gasteiger partial charge in [0.15, 0.2) is 0 Å². The maximum absolute atomic E-state index is 6.31. The Balaban J connectivity index is 1.71. The number of halogens is 2. The minimum absolute atomic E-state index is 0.683. The lowest BCUT2D eigenvalue weighted by atomic mass is 10.2. The molecule has 1 aliphatic rings. The molecule has 3 rings (SSSR count). The summed E-state index contributed by atoms with van der Waals surface area (Å²) in [5.41, 5.74) is 1.11. The average Bonchev–Trinajstić information content (AvgIpc) is 3.25. The first-order valence-electron chi connectivity index (χ1n) is 6.66. The largest absolute Gasteiger partial charge is 0.456 e. The normalized spacial score (nSPS) is 14.3. The van der Waals surface area contributed by atoms with E-state index in [4.69, 9.17) is 16.3 Å². The Hall–Kier alpha value is -1.03. The van der Waals surface area contributed by atoms with Gasteiger partial charge in [0.2, 0.25) is 0 Å². The highest BCUT2D eigenvalue weighted by molar-refractivity contribution is 9.10. The number of para-hydroxylation sites is 1. The molecule has 0 radical (unpaired) electrons. The molecular formula is C16H15BrClNO. The van der Waals surface area contributed by atoms with Crippen LogP contribution < -0.4 is 10.1 Å². The third kappa shape index (κ3) is 3.54. The van der Waals surface area contributed by atoms with Gasteiger partial charge in [0.25, 0.3) is 0 Å².